The lowest BCUT2D eigenvalue weighted by molar-refractivity contribution is -0.139. The van der Waals surface area contributed by atoms with Crippen LogP contribution < -0.4 is 0 Å². The van der Waals surface area contributed by atoms with Crippen LogP contribution in [0.5, 0.6) is 0 Å². The molecule has 0 fully saturated rings. The van der Waals surface area contributed by atoms with E-state index in [0.29, 0.717) is 26.9 Å². The molecule has 0 saturated heterocycles. The fourth-order valence-corrected chi connectivity index (χ4v) is 3.13. The lowest BCUT2D eigenvalue weighted by Gasteiger charge is -2.39. The molecule has 1 aliphatic heterocycles. The van der Waals surface area contributed by atoms with E-state index in [1.54, 1.807) is 46.1 Å². The van der Waals surface area contributed by atoms with Gasteiger partial charge in [0.2, 0.25) is 0 Å². The molecule has 0 N–H and O–H groups in total. The maximum absolute atomic E-state index is 12.5. The van der Waals surface area contributed by atoms with Crippen LogP contribution in [0, 0.1) is 0 Å². The summed E-state index contributed by atoms with van der Waals surface area (Å²) in [4.78, 5) is 27.8. The van der Waals surface area contributed by atoms with Crippen molar-refractivity contribution in [3.05, 3.63) is 45.1 Å². The van der Waals surface area contributed by atoms with Gasteiger partial charge in [-0.15, -0.1) is 0 Å². The van der Waals surface area contributed by atoms with Gasteiger partial charge in [0.1, 0.15) is 0 Å². The lowest BCUT2D eigenvalue weighted by Crippen LogP contribution is -2.47. The van der Waals surface area contributed by atoms with Crippen molar-refractivity contribution in [3.63, 3.8) is 0 Å². The molecule has 0 saturated carbocycles. The van der Waals surface area contributed by atoms with Crippen molar-refractivity contribution in [3.8, 4) is 0 Å². The monoisotopic (exact) mass is 356 g/mol. The minimum Gasteiger partial charge on any atom is -0.463 e. The highest BCUT2D eigenvalue weighted by molar-refractivity contribution is 6.35. The molecule has 0 radical (unpaired) electrons. The molecule has 2 rings (SSSR count). The third-order valence-electron chi connectivity index (χ3n) is 3.89. The van der Waals surface area contributed by atoms with Crippen LogP contribution in [-0.2, 0) is 9.53 Å². The first-order chi connectivity index (χ1) is 10.8. The maximum atomic E-state index is 12.5. The predicted octanol–water partition coefficient (Wildman–Crippen LogP) is 3.87. The van der Waals surface area contributed by atoms with E-state index >= 15 is 0 Å². The van der Waals surface area contributed by atoms with Crippen molar-refractivity contribution in [1.82, 2.24) is 9.80 Å². The van der Waals surface area contributed by atoms with Crippen molar-refractivity contribution in [1.29, 1.82) is 0 Å². The molecule has 7 heteroatoms. The fraction of sp³-hybridized carbons (Fsp3) is 0.375. The van der Waals surface area contributed by atoms with Crippen LogP contribution in [0.2, 0.25) is 10.0 Å². The van der Waals surface area contributed by atoms with E-state index in [4.69, 9.17) is 27.9 Å². The smallest absolute Gasteiger partial charge is 0.338 e. The molecule has 23 heavy (non-hydrogen) atoms. The van der Waals surface area contributed by atoms with E-state index in [-0.39, 0.29) is 12.6 Å². The molecule has 0 bridgehead atoms. The number of urea groups is 1. The van der Waals surface area contributed by atoms with Crippen LogP contribution in [-0.4, -0.2) is 42.5 Å². The minimum atomic E-state index is -0.623. The van der Waals surface area contributed by atoms with Gasteiger partial charge < -0.3 is 14.5 Å². The van der Waals surface area contributed by atoms with Gasteiger partial charge in [-0.3, -0.25) is 0 Å². The Labute approximate surface area is 145 Å². The quantitative estimate of drug-likeness (QED) is 0.772. The van der Waals surface area contributed by atoms with Crippen molar-refractivity contribution in [2.75, 3.05) is 20.7 Å². The van der Waals surface area contributed by atoms with Gasteiger partial charge in [0.15, 0.2) is 0 Å². The molecule has 2 amide bonds. The Morgan fingerprint density at radius 3 is 2.52 bits per heavy atom. The Kier molecular flexibility index (Phi) is 5.22. The van der Waals surface area contributed by atoms with E-state index in [0.717, 1.165) is 0 Å². The second-order valence-electron chi connectivity index (χ2n) is 5.24. The highest BCUT2D eigenvalue weighted by atomic mass is 35.5. The number of carbonyl (C=O) groups excluding carboxylic acids is 2. The van der Waals surface area contributed by atoms with Crippen LogP contribution in [0.15, 0.2) is 29.5 Å². The number of hydrogen-bond donors (Lipinski definition) is 0. The molecule has 0 aliphatic carbocycles. The van der Waals surface area contributed by atoms with E-state index in [9.17, 15) is 9.59 Å². The van der Waals surface area contributed by atoms with Gasteiger partial charge in [0, 0.05) is 29.8 Å². The van der Waals surface area contributed by atoms with Crippen molar-refractivity contribution >= 4 is 35.2 Å². The van der Waals surface area contributed by atoms with E-state index < -0.39 is 12.0 Å². The fourth-order valence-electron chi connectivity index (χ4n) is 2.62. The zero-order chi connectivity index (χ0) is 17.3. The van der Waals surface area contributed by atoms with Crippen molar-refractivity contribution in [2.24, 2.45) is 0 Å². The lowest BCUT2D eigenvalue weighted by atomic mass is 9.93. The average Bonchev–Trinajstić information content (AvgIpc) is 2.49. The van der Waals surface area contributed by atoms with Gasteiger partial charge in [0.25, 0.3) is 0 Å². The maximum Gasteiger partial charge on any atom is 0.338 e. The number of rotatable bonds is 3. The number of benzene rings is 1. The molecule has 1 atom stereocenters. The minimum absolute atomic E-state index is 0.230. The summed E-state index contributed by atoms with van der Waals surface area (Å²) in [7, 11) is 3.24. The SMILES string of the molecule is CCOC(=O)C1=C(C)N(C)C(=O)N(C)C1c1ccc(Cl)cc1Cl. The number of hydrogen-bond acceptors (Lipinski definition) is 3. The number of allylic oxidation sites excluding steroid dienone is 1. The van der Waals surface area contributed by atoms with Gasteiger partial charge in [-0.1, -0.05) is 29.3 Å². The first kappa shape index (κ1) is 17.6. The van der Waals surface area contributed by atoms with E-state index in [1.807, 2.05) is 0 Å². The van der Waals surface area contributed by atoms with Gasteiger partial charge in [0.05, 0.1) is 18.2 Å². The first-order valence-electron chi connectivity index (χ1n) is 7.12. The van der Waals surface area contributed by atoms with E-state index in [1.165, 1.54) is 9.80 Å². The summed E-state index contributed by atoms with van der Waals surface area (Å²) in [5, 5.41) is 0.875. The van der Waals surface area contributed by atoms with Crippen LogP contribution >= 0.6 is 23.2 Å². The highest BCUT2D eigenvalue weighted by Crippen LogP contribution is 2.39. The summed E-state index contributed by atoms with van der Waals surface area (Å²) >= 11 is 12.2. The second-order valence-corrected chi connectivity index (χ2v) is 6.08. The first-order valence-corrected chi connectivity index (χ1v) is 7.88. The largest absolute Gasteiger partial charge is 0.463 e. The van der Waals surface area contributed by atoms with Gasteiger partial charge in [-0.05, 0) is 31.5 Å². The third-order valence-corrected chi connectivity index (χ3v) is 4.46. The number of carbonyl (C=O) groups is 2. The van der Waals surface area contributed by atoms with Crippen LogP contribution in [0.3, 0.4) is 0 Å². The molecule has 1 aromatic rings. The van der Waals surface area contributed by atoms with Crippen LogP contribution in [0.1, 0.15) is 25.5 Å². The average molecular weight is 357 g/mol. The molecule has 0 aromatic heterocycles. The molecule has 1 aliphatic rings. The number of amides is 2. The Hall–Kier alpha value is -1.72. The zero-order valence-electron chi connectivity index (χ0n) is 13.4. The predicted molar refractivity (Wildman–Crippen MR) is 89.5 cm³/mol. The molecule has 5 nitrogen and oxygen atoms in total. The number of ether oxygens (including phenoxy) is 1. The summed E-state index contributed by atoms with van der Waals surface area (Å²) in [6.07, 6.45) is 0. The number of nitrogens with zero attached hydrogens (tertiary/aromatic N) is 2. The van der Waals surface area contributed by atoms with Crippen molar-refractivity contribution in [2.45, 2.75) is 19.9 Å². The molecular formula is C16H18Cl2N2O3. The Morgan fingerprint density at radius 1 is 1.30 bits per heavy atom. The van der Waals surface area contributed by atoms with Gasteiger partial charge in [-0.25, -0.2) is 9.59 Å². The molecular weight excluding hydrogens is 339 g/mol. The summed E-state index contributed by atoms with van der Waals surface area (Å²) in [5.41, 5.74) is 1.56. The normalized spacial score (nSPS) is 18.5. The zero-order valence-corrected chi connectivity index (χ0v) is 14.9. The van der Waals surface area contributed by atoms with Crippen LogP contribution in [0.25, 0.3) is 0 Å². The summed E-state index contributed by atoms with van der Waals surface area (Å²) in [6.45, 7) is 3.70. The van der Waals surface area contributed by atoms with Gasteiger partial charge in [-0.2, -0.15) is 0 Å². The number of likely N-dealkylation sites (N-methyl/N-ethyl adjacent to an activating group) is 1. The molecule has 1 unspecified atom stereocenters. The standard InChI is InChI=1S/C16H18Cl2N2O3/c1-5-23-15(21)13-9(2)19(3)16(22)20(4)14(13)11-7-6-10(17)8-12(11)18/h6-8,14H,5H2,1-4H3. The molecule has 124 valence electrons. The van der Waals surface area contributed by atoms with E-state index in [2.05, 4.69) is 0 Å². The molecule has 1 aromatic carbocycles. The number of esters is 1. The summed E-state index contributed by atoms with van der Waals surface area (Å²) < 4.78 is 5.17. The Morgan fingerprint density at radius 2 is 1.96 bits per heavy atom. The second kappa shape index (κ2) is 6.81. The topological polar surface area (TPSA) is 49.9 Å². The molecule has 0 spiro atoms. The summed E-state index contributed by atoms with van der Waals surface area (Å²) in [5.74, 6) is -0.466. The van der Waals surface area contributed by atoms with Gasteiger partial charge >= 0.3 is 12.0 Å². The Balaban J connectivity index is 2.64. The third kappa shape index (κ3) is 3.16. The molecule has 1 heterocycles. The van der Waals surface area contributed by atoms with Crippen LogP contribution in [0.4, 0.5) is 4.79 Å². The Bertz CT molecular complexity index is 688. The summed E-state index contributed by atoms with van der Waals surface area (Å²) in [6, 6.07) is 4.14. The highest BCUT2D eigenvalue weighted by Gasteiger charge is 2.39. The number of halogens is 2. The van der Waals surface area contributed by atoms with Crippen molar-refractivity contribution < 1.29 is 14.3 Å².